The molecule has 0 unspecified atom stereocenters. The van der Waals surface area contributed by atoms with Crippen molar-refractivity contribution in [1.82, 2.24) is 20.0 Å². The summed E-state index contributed by atoms with van der Waals surface area (Å²) in [6, 6.07) is 10.2. The molecule has 0 aliphatic rings. The number of carbonyl (C=O) groups excluding carboxylic acids is 1. The fraction of sp³-hybridized carbons (Fsp3) is 0.444. The van der Waals surface area contributed by atoms with Gasteiger partial charge < -0.3 is 15.0 Å². The number of amides is 1. The Balaban J connectivity index is 1.93. The van der Waals surface area contributed by atoms with Gasteiger partial charge in [0.25, 0.3) is 5.91 Å². The maximum atomic E-state index is 11.7. The number of para-hydroxylation sites is 1. The number of likely N-dealkylation sites (N-methyl/N-ethyl adjacent to an activating group) is 1. The van der Waals surface area contributed by atoms with Crippen LogP contribution in [0.3, 0.4) is 0 Å². The van der Waals surface area contributed by atoms with Crippen LogP contribution in [0.4, 0.5) is 0 Å². The molecule has 0 saturated heterocycles. The van der Waals surface area contributed by atoms with Crippen LogP contribution in [0.5, 0.6) is 5.75 Å². The average molecular weight is 330 g/mol. The third-order valence-electron chi connectivity index (χ3n) is 4.10. The smallest absolute Gasteiger partial charge is 0.259 e. The van der Waals surface area contributed by atoms with Crippen LogP contribution >= 0.6 is 0 Å². The van der Waals surface area contributed by atoms with Gasteiger partial charge >= 0.3 is 0 Å². The first-order valence-corrected chi connectivity index (χ1v) is 8.12. The van der Waals surface area contributed by atoms with Crippen molar-refractivity contribution in [3.63, 3.8) is 0 Å². The molecule has 1 aromatic carbocycles. The Morgan fingerprint density at radius 1 is 1.29 bits per heavy atom. The Labute approximate surface area is 143 Å². The first kappa shape index (κ1) is 18.0. The predicted molar refractivity (Wildman–Crippen MR) is 93.9 cm³/mol. The molecule has 0 aliphatic carbocycles. The summed E-state index contributed by atoms with van der Waals surface area (Å²) in [6.45, 7) is 4.97. The maximum Gasteiger partial charge on any atom is 0.259 e. The number of aromatic nitrogens is 2. The minimum atomic E-state index is -0.0570. The standard InChI is InChI=1S/C18H26N4O2/c1-14(15(2)22-11-7-10-20-22)19-12-16-8-5-6-9-17(16)24-13-18(23)21(3)4/h5-11,14-15,19H,12-13H2,1-4H3/t14-,15+/m1/s1. The van der Waals surface area contributed by atoms with Crippen LogP contribution in [0.2, 0.25) is 0 Å². The normalized spacial score (nSPS) is 13.3. The summed E-state index contributed by atoms with van der Waals surface area (Å²) in [4.78, 5) is 13.2. The van der Waals surface area contributed by atoms with Crippen molar-refractivity contribution in [3.05, 3.63) is 48.3 Å². The molecule has 0 spiro atoms. The lowest BCUT2D eigenvalue weighted by Gasteiger charge is -2.22. The van der Waals surface area contributed by atoms with Gasteiger partial charge in [-0.3, -0.25) is 9.48 Å². The van der Waals surface area contributed by atoms with Crippen molar-refractivity contribution < 1.29 is 9.53 Å². The molecule has 2 atom stereocenters. The third-order valence-corrected chi connectivity index (χ3v) is 4.10. The number of carbonyl (C=O) groups is 1. The van der Waals surface area contributed by atoms with Gasteiger partial charge in [0, 0.05) is 44.6 Å². The van der Waals surface area contributed by atoms with Gasteiger partial charge in [0.1, 0.15) is 5.75 Å². The molecule has 0 fully saturated rings. The molecule has 6 heteroatoms. The summed E-state index contributed by atoms with van der Waals surface area (Å²) in [6.07, 6.45) is 3.75. The van der Waals surface area contributed by atoms with E-state index in [2.05, 4.69) is 24.3 Å². The van der Waals surface area contributed by atoms with Gasteiger partial charge in [0.2, 0.25) is 0 Å². The van der Waals surface area contributed by atoms with Gasteiger partial charge in [-0.1, -0.05) is 18.2 Å². The Morgan fingerprint density at radius 3 is 2.71 bits per heavy atom. The lowest BCUT2D eigenvalue weighted by atomic mass is 10.1. The molecule has 2 rings (SSSR count). The second-order valence-electron chi connectivity index (χ2n) is 6.08. The van der Waals surface area contributed by atoms with Crippen molar-refractivity contribution in [3.8, 4) is 5.75 Å². The number of nitrogens with one attached hydrogen (secondary N) is 1. The van der Waals surface area contributed by atoms with Crippen molar-refractivity contribution in [1.29, 1.82) is 0 Å². The summed E-state index contributed by atoms with van der Waals surface area (Å²) in [5, 5.41) is 7.79. The third kappa shape index (κ3) is 4.83. The summed E-state index contributed by atoms with van der Waals surface area (Å²) in [5.74, 6) is 0.678. The lowest BCUT2D eigenvalue weighted by molar-refractivity contribution is -0.130. The zero-order valence-electron chi connectivity index (χ0n) is 14.8. The highest BCUT2D eigenvalue weighted by Crippen LogP contribution is 2.19. The van der Waals surface area contributed by atoms with Gasteiger partial charge in [-0.05, 0) is 26.0 Å². The Morgan fingerprint density at radius 2 is 2.04 bits per heavy atom. The molecular weight excluding hydrogens is 304 g/mol. The molecule has 1 heterocycles. The molecule has 1 amide bonds. The van der Waals surface area contributed by atoms with E-state index in [1.54, 1.807) is 20.3 Å². The van der Waals surface area contributed by atoms with Gasteiger partial charge in [-0.15, -0.1) is 0 Å². The largest absolute Gasteiger partial charge is 0.483 e. The zero-order valence-corrected chi connectivity index (χ0v) is 14.8. The molecule has 6 nitrogen and oxygen atoms in total. The summed E-state index contributed by atoms with van der Waals surface area (Å²) in [5.41, 5.74) is 1.03. The monoisotopic (exact) mass is 330 g/mol. The molecule has 24 heavy (non-hydrogen) atoms. The molecular formula is C18H26N4O2. The lowest BCUT2D eigenvalue weighted by Crippen LogP contribution is -2.33. The van der Waals surface area contributed by atoms with Crippen LogP contribution in [0.15, 0.2) is 42.7 Å². The molecule has 1 N–H and O–H groups in total. The van der Waals surface area contributed by atoms with Crippen LogP contribution in [0.25, 0.3) is 0 Å². The first-order valence-electron chi connectivity index (χ1n) is 8.12. The van der Waals surface area contributed by atoms with Gasteiger partial charge in [0.05, 0.1) is 6.04 Å². The molecule has 0 bridgehead atoms. The second kappa shape index (κ2) is 8.49. The second-order valence-corrected chi connectivity index (χ2v) is 6.08. The van der Waals surface area contributed by atoms with E-state index < -0.39 is 0 Å². The number of hydrogen-bond donors (Lipinski definition) is 1. The summed E-state index contributed by atoms with van der Waals surface area (Å²) in [7, 11) is 3.44. The maximum absolute atomic E-state index is 11.7. The SMILES string of the molecule is C[C@@H](NCc1ccccc1OCC(=O)N(C)C)[C@H](C)n1cccn1. The van der Waals surface area contributed by atoms with E-state index >= 15 is 0 Å². The van der Waals surface area contributed by atoms with Gasteiger partial charge in [-0.25, -0.2) is 0 Å². The Kier molecular flexibility index (Phi) is 6.37. The first-order chi connectivity index (χ1) is 11.5. The van der Waals surface area contributed by atoms with Crippen LogP contribution < -0.4 is 10.1 Å². The van der Waals surface area contributed by atoms with E-state index in [0.29, 0.717) is 6.54 Å². The Hall–Kier alpha value is -2.34. The quantitative estimate of drug-likeness (QED) is 0.805. The minimum Gasteiger partial charge on any atom is -0.483 e. The minimum absolute atomic E-state index is 0.0449. The highest BCUT2D eigenvalue weighted by Gasteiger charge is 2.15. The van der Waals surface area contributed by atoms with E-state index in [1.807, 2.05) is 41.2 Å². The van der Waals surface area contributed by atoms with Crippen LogP contribution in [-0.2, 0) is 11.3 Å². The number of benzene rings is 1. The topological polar surface area (TPSA) is 59.4 Å². The van der Waals surface area contributed by atoms with E-state index in [1.165, 1.54) is 4.90 Å². The number of ether oxygens (including phenoxy) is 1. The van der Waals surface area contributed by atoms with E-state index in [4.69, 9.17) is 4.74 Å². The molecule has 0 aliphatic heterocycles. The van der Waals surface area contributed by atoms with Crippen molar-refractivity contribution in [2.45, 2.75) is 32.5 Å². The van der Waals surface area contributed by atoms with E-state index in [-0.39, 0.29) is 24.6 Å². The number of rotatable bonds is 8. The molecule has 0 saturated carbocycles. The molecule has 2 aromatic rings. The fourth-order valence-corrected chi connectivity index (χ4v) is 2.25. The van der Waals surface area contributed by atoms with Crippen LogP contribution in [0.1, 0.15) is 25.5 Å². The number of nitrogens with zero attached hydrogens (tertiary/aromatic N) is 3. The highest BCUT2D eigenvalue weighted by atomic mass is 16.5. The average Bonchev–Trinajstić information content (AvgIpc) is 3.11. The van der Waals surface area contributed by atoms with E-state index in [9.17, 15) is 4.79 Å². The van der Waals surface area contributed by atoms with Crippen LogP contribution in [-0.4, -0.2) is 47.3 Å². The van der Waals surface area contributed by atoms with E-state index in [0.717, 1.165) is 11.3 Å². The van der Waals surface area contributed by atoms with Crippen molar-refractivity contribution in [2.24, 2.45) is 0 Å². The van der Waals surface area contributed by atoms with Crippen molar-refractivity contribution >= 4 is 5.91 Å². The van der Waals surface area contributed by atoms with Gasteiger partial charge in [0.15, 0.2) is 6.61 Å². The van der Waals surface area contributed by atoms with Crippen LogP contribution in [0, 0.1) is 0 Å². The molecule has 130 valence electrons. The molecule has 0 radical (unpaired) electrons. The van der Waals surface area contributed by atoms with Gasteiger partial charge in [-0.2, -0.15) is 5.10 Å². The highest BCUT2D eigenvalue weighted by molar-refractivity contribution is 5.77. The fourth-order valence-electron chi connectivity index (χ4n) is 2.25. The number of hydrogen-bond acceptors (Lipinski definition) is 4. The molecule has 1 aromatic heterocycles. The predicted octanol–water partition coefficient (Wildman–Crippen LogP) is 2.09. The zero-order chi connectivity index (χ0) is 17.5. The van der Waals surface area contributed by atoms with Crippen molar-refractivity contribution in [2.75, 3.05) is 20.7 Å². The summed E-state index contributed by atoms with van der Waals surface area (Å²) < 4.78 is 7.62. The Bertz CT molecular complexity index is 640. The summed E-state index contributed by atoms with van der Waals surface area (Å²) >= 11 is 0.